The van der Waals surface area contributed by atoms with Crippen LogP contribution >= 0.6 is 0 Å². The first-order chi connectivity index (χ1) is 8.28. The van der Waals surface area contributed by atoms with Crippen molar-refractivity contribution in [2.45, 2.75) is 26.4 Å². The summed E-state index contributed by atoms with van der Waals surface area (Å²) in [6, 6.07) is 2.69. The molecule has 2 rings (SSSR count). The number of rotatable bonds is 0. The zero-order chi connectivity index (χ0) is 13.5. The van der Waals surface area contributed by atoms with Crippen LogP contribution in [0.2, 0.25) is 0 Å². The van der Waals surface area contributed by atoms with E-state index in [1.165, 1.54) is 6.20 Å². The van der Waals surface area contributed by atoms with Crippen LogP contribution < -0.4 is 5.73 Å². The lowest BCUT2D eigenvalue weighted by Crippen LogP contribution is -2.27. The fourth-order valence-electron chi connectivity index (χ4n) is 1.59. The monoisotopic (exact) mass is 251 g/mol. The molecule has 1 aromatic heterocycles. The number of nitrogen functional groups attached to an aromatic ring is 1. The second-order valence-corrected chi connectivity index (χ2v) is 4.98. The maximum absolute atomic E-state index is 13.8. The Morgan fingerprint density at radius 3 is 2.72 bits per heavy atom. The third-order valence-corrected chi connectivity index (χ3v) is 2.21. The molecular weight excluding hydrogens is 237 g/mol. The van der Waals surface area contributed by atoms with Crippen molar-refractivity contribution in [3.63, 3.8) is 0 Å². The number of fused-ring (bicyclic) bond motifs is 1. The van der Waals surface area contributed by atoms with Gasteiger partial charge in [0, 0.05) is 11.1 Å². The number of nitrogens with two attached hydrogens (primary N) is 1. The lowest BCUT2D eigenvalue weighted by molar-refractivity contribution is 0.0521. The van der Waals surface area contributed by atoms with E-state index in [0.717, 1.165) is 10.7 Å². The molecule has 6 heteroatoms. The quantitative estimate of drug-likeness (QED) is 0.730. The van der Waals surface area contributed by atoms with Gasteiger partial charge in [-0.05, 0) is 32.9 Å². The van der Waals surface area contributed by atoms with E-state index in [2.05, 4.69) is 5.10 Å². The van der Waals surface area contributed by atoms with Gasteiger partial charge < -0.3 is 10.5 Å². The molecule has 0 radical (unpaired) electrons. The highest BCUT2D eigenvalue weighted by Gasteiger charge is 2.21. The van der Waals surface area contributed by atoms with Crippen LogP contribution in [0.5, 0.6) is 0 Å². The Labute approximate surface area is 103 Å². The summed E-state index contributed by atoms with van der Waals surface area (Å²) >= 11 is 0. The van der Waals surface area contributed by atoms with Crippen molar-refractivity contribution in [3.8, 4) is 0 Å². The highest BCUT2D eigenvalue weighted by atomic mass is 19.1. The largest absolute Gasteiger partial charge is 0.442 e. The Bertz CT molecular complexity index is 614. The van der Waals surface area contributed by atoms with Crippen molar-refractivity contribution in [2.75, 3.05) is 5.73 Å². The molecule has 0 unspecified atom stereocenters. The van der Waals surface area contributed by atoms with Gasteiger partial charge in [-0.2, -0.15) is 9.78 Å². The third-order valence-electron chi connectivity index (χ3n) is 2.21. The number of ether oxygens (including phenoxy) is 1. The number of hydrogen-bond acceptors (Lipinski definition) is 4. The van der Waals surface area contributed by atoms with Crippen LogP contribution in [0.15, 0.2) is 18.3 Å². The molecule has 0 bridgehead atoms. The second-order valence-electron chi connectivity index (χ2n) is 4.98. The second kappa shape index (κ2) is 3.97. The van der Waals surface area contributed by atoms with Crippen LogP contribution in [0, 0.1) is 5.82 Å². The summed E-state index contributed by atoms with van der Waals surface area (Å²) < 4.78 is 19.8. The highest BCUT2D eigenvalue weighted by molar-refractivity contribution is 5.89. The van der Waals surface area contributed by atoms with E-state index in [-0.39, 0.29) is 11.2 Å². The van der Waals surface area contributed by atoms with E-state index in [0.29, 0.717) is 5.39 Å². The minimum absolute atomic E-state index is 0.0680. The molecule has 0 fully saturated rings. The predicted molar refractivity (Wildman–Crippen MR) is 65.7 cm³/mol. The van der Waals surface area contributed by atoms with Crippen LogP contribution in [0.4, 0.5) is 14.9 Å². The SMILES string of the molecule is CC(C)(C)OC(=O)n1ncc2cc(N)cc(F)c21. The van der Waals surface area contributed by atoms with Crippen LogP contribution in [0.1, 0.15) is 20.8 Å². The van der Waals surface area contributed by atoms with E-state index in [1.54, 1.807) is 26.8 Å². The minimum atomic E-state index is -0.721. The number of hydrogen-bond donors (Lipinski definition) is 1. The van der Waals surface area contributed by atoms with Crippen molar-refractivity contribution in [1.82, 2.24) is 9.78 Å². The van der Waals surface area contributed by atoms with Crippen molar-refractivity contribution in [2.24, 2.45) is 0 Å². The fourth-order valence-corrected chi connectivity index (χ4v) is 1.59. The molecule has 1 aromatic carbocycles. The van der Waals surface area contributed by atoms with Gasteiger partial charge >= 0.3 is 6.09 Å². The molecule has 1 heterocycles. The molecule has 0 amide bonds. The number of halogens is 1. The average molecular weight is 251 g/mol. The highest BCUT2D eigenvalue weighted by Crippen LogP contribution is 2.22. The first-order valence-electron chi connectivity index (χ1n) is 5.44. The molecule has 0 saturated heterocycles. The summed E-state index contributed by atoms with van der Waals surface area (Å²) in [5.41, 5.74) is 5.20. The maximum atomic E-state index is 13.8. The lowest BCUT2D eigenvalue weighted by Gasteiger charge is -2.19. The van der Waals surface area contributed by atoms with E-state index >= 15 is 0 Å². The Morgan fingerprint density at radius 2 is 2.11 bits per heavy atom. The van der Waals surface area contributed by atoms with Gasteiger partial charge in [-0.25, -0.2) is 9.18 Å². The van der Waals surface area contributed by atoms with Gasteiger partial charge in [0.2, 0.25) is 0 Å². The summed E-state index contributed by atoms with van der Waals surface area (Å²) in [4.78, 5) is 11.9. The molecule has 0 aliphatic rings. The molecular formula is C12H14FN3O2. The molecule has 18 heavy (non-hydrogen) atoms. The van der Waals surface area contributed by atoms with E-state index < -0.39 is 17.5 Å². The van der Waals surface area contributed by atoms with Gasteiger partial charge in [0.15, 0.2) is 5.82 Å². The maximum Gasteiger partial charge on any atom is 0.435 e. The molecule has 96 valence electrons. The molecule has 0 spiro atoms. The smallest absolute Gasteiger partial charge is 0.435 e. The molecule has 0 aliphatic carbocycles. The normalized spacial score (nSPS) is 11.8. The Balaban J connectivity index is 2.50. The standard InChI is InChI=1S/C12H14FN3O2/c1-12(2,3)18-11(17)16-10-7(6-15-16)4-8(14)5-9(10)13/h4-6H,14H2,1-3H3. The number of carbonyl (C=O) groups is 1. The molecule has 0 aliphatic heterocycles. The van der Waals surface area contributed by atoms with Crippen molar-refractivity contribution in [1.29, 1.82) is 0 Å². The molecule has 0 atom stereocenters. The Hall–Kier alpha value is -2.11. The van der Waals surface area contributed by atoms with Gasteiger partial charge in [-0.1, -0.05) is 0 Å². The molecule has 0 saturated carbocycles. The van der Waals surface area contributed by atoms with Crippen LogP contribution in [0.3, 0.4) is 0 Å². The summed E-state index contributed by atoms with van der Waals surface area (Å²) in [6.07, 6.45) is 0.653. The summed E-state index contributed by atoms with van der Waals surface area (Å²) in [5.74, 6) is -0.603. The van der Waals surface area contributed by atoms with E-state index in [1.807, 2.05) is 0 Å². The minimum Gasteiger partial charge on any atom is -0.442 e. The van der Waals surface area contributed by atoms with Gasteiger partial charge in [-0.3, -0.25) is 0 Å². The lowest BCUT2D eigenvalue weighted by atomic mass is 10.2. The van der Waals surface area contributed by atoms with E-state index in [9.17, 15) is 9.18 Å². The molecule has 2 N–H and O–H groups in total. The average Bonchev–Trinajstić information content (AvgIpc) is 2.58. The van der Waals surface area contributed by atoms with Crippen molar-refractivity contribution in [3.05, 3.63) is 24.1 Å². The molecule has 2 aromatic rings. The van der Waals surface area contributed by atoms with Gasteiger partial charge in [0.05, 0.1) is 6.20 Å². The predicted octanol–water partition coefficient (Wildman–Crippen LogP) is 2.54. The summed E-state index contributed by atoms with van der Waals surface area (Å²) in [7, 11) is 0. The van der Waals surface area contributed by atoms with E-state index in [4.69, 9.17) is 10.5 Å². The first kappa shape index (κ1) is 12.3. The number of aromatic nitrogens is 2. The number of nitrogens with zero attached hydrogens (tertiary/aromatic N) is 2. The van der Waals surface area contributed by atoms with Gasteiger partial charge in [0.25, 0.3) is 0 Å². The zero-order valence-corrected chi connectivity index (χ0v) is 10.4. The Kier molecular flexibility index (Phi) is 2.73. The van der Waals surface area contributed by atoms with Crippen LogP contribution in [-0.2, 0) is 4.74 Å². The number of anilines is 1. The molecule has 5 nitrogen and oxygen atoms in total. The first-order valence-corrected chi connectivity index (χ1v) is 5.44. The van der Waals surface area contributed by atoms with Crippen molar-refractivity contribution < 1.29 is 13.9 Å². The van der Waals surface area contributed by atoms with Crippen LogP contribution in [0.25, 0.3) is 10.9 Å². The Morgan fingerprint density at radius 1 is 1.44 bits per heavy atom. The topological polar surface area (TPSA) is 70.1 Å². The summed E-state index contributed by atoms with van der Waals surface area (Å²) in [5, 5.41) is 4.28. The number of benzene rings is 1. The van der Waals surface area contributed by atoms with Gasteiger partial charge in [0.1, 0.15) is 11.1 Å². The van der Waals surface area contributed by atoms with Gasteiger partial charge in [-0.15, -0.1) is 0 Å². The third kappa shape index (κ3) is 2.27. The number of carbonyl (C=O) groups excluding carboxylic acids is 1. The van der Waals surface area contributed by atoms with Crippen molar-refractivity contribution >= 4 is 22.7 Å². The fraction of sp³-hybridized carbons (Fsp3) is 0.333. The summed E-state index contributed by atoms with van der Waals surface area (Å²) in [6.45, 7) is 5.18. The zero-order valence-electron chi connectivity index (χ0n) is 10.4. The van der Waals surface area contributed by atoms with Crippen LogP contribution in [-0.4, -0.2) is 21.5 Å².